The Kier molecular flexibility index (Phi) is 5.01. The molecule has 1 aromatic rings. The maximum Gasteiger partial charge on any atom is 0.104 e. The van der Waals surface area contributed by atoms with Gasteiger partial charge in [0, 0.05) is 16.3 Å². The van der Waals surface area contributed by atoms with Crippen LogP contribution in [-0.4, -0.2) is 13.2 Å². The normalized spacial score (nSPS) is 19.4. The lowest BCUT2D eigenvalue weighted by Gasteiger charge is -2.24. The Balaban J connectivity index is 1.82. The average molecular weight is 253 g/mol. The molecule has 1 atom stereocenters. The molecule has 0 spiro atoms. The molecule has 2 rings (SSSR count). The van der Waals surface area contributed by atoms with Crippen molar-refractivity contribution in [2.45, 2.75) is 45.1 Å². The van der Waals surface area contributed by atoms with Gasteiger partial charge in [0.25, 0.3) is 0 Å². The van der Waals surface area contributed by atoms with Gasteiger partial charge in [-0.05, 0) is 37.8 Å². The van der Waals surface area contributed by atoms with Gasteiger partial charge < -0.3 is 10.5 Å². The highest BCUT2D eigenvalue weighted by atomic mass is 32.1. The van der Waals surface area contributed by atoms with E-state index in [1.807, 2.05) is 0 Å². The number of aryl methyl sites for hydroxylation is 1. The SMILES string of the molecule is Cc1ccc(C(CN)OCC2CCCCC2)s1. The summed E-state index contributed by atoms with van der Waals surface area (Å²) in [6.45, 7) is 3.61. The second-order valence-corrected chi connectivity index (χ2v) is 6.33. The fraction of sp³-hybridized carbons (Fsp3) is 0.714. The number of hydrogen-bond donors (Lipinski definition) is 1. The van der Waals surface area contributed by atoms with Crippen molar-refractivity contribution in [1.82, 2.24) is 0 Å². The lowest BCUT2D eigenvalue weighted by atomic mass is 9.90. The molecule has 0 saturated heterocycles. The van der Waals surface area contributed by atoms with Gasteiger partial charge in [-0.3, -0.25) is 0 Å². The first-order chi connectivity index (χ1) is 8.29. The van der Waals surface area contributed by atoms with E-state index in [1.54, 1.807) is 11.3 Å². The third-order valence-electron chi connectivity index (χ3n) is 3.55. The largest absolute Gasteiger partial charge is 0.371 e. The molecule has 2 nitrogen and oxygen atoms in total. The molecule has 0 aromatic carbocycles. The number of rotatable bonds is 5. The molecule has 1 saturated carbocycles. The molecule has 0 aliphatic heterocycles. The summed E-state index contributed by atoms with van der Waals surface area (Å²) in [5.41, 5.74) is 5.81. The minimum atomic E-state index is 0.107. The van der Waals surface area contributed by atoms with Gasteiger partial charge in [-0.2, -0.15) is 0 Å². The minimum absolute atomic E-state index is 0.107. The van der Waals surface area contributed by atoms with E-state index in [9.17, 15) is 0 Å². The maximum atomic E-state index is 6.02. The first kappa shape index (κ1) is 13.1. The van der Waals surface area contributed by atoms with Crippen LogP contribution in [0.2, 0.25) is 0 Å². The molecule has 0 amide bonds. The Morgan fingerprint density at radius 2 is 2.12 bits per heavy atom. The van der Waals surface area contributed by atoms with Crippen molar-refractivity contribution in [1.29, 1.82) is 0 Å². The van der Waals surface area contributed by atoms with Gasteiger partial charge in [0.05, 0.1) is 6.61 Å². The number of hydrogen-bond acceptors (Lipinski definition) is 3. The predicted octanol–water partition coefficient (Wildman–Crippen LogP) is 3.65. The summed E-state index contributed by atoms with van der Waals surface area (Å²) in [6, 6.07) is 4.30. The lowest BCUT2D eigenvalue weighted by Crippen LogP contribution is -2.20. The molecule has 17 heavy (non-hydrogen) atoms. The second-order valence-electron chi connectivity index (χ2n) is 5.01. The zero-order valence-electron chi connectivity index (χ0n) is 10.7. The van der Waals surface area contributed by atoms with Gasteiger partial charge in [0.1, 0.15) is 6.10 Å². The zero-order chi connectivity index (χ0) is 12.1. The standard InChI is InChI=1S/C14H23NOS/c1-11-7-8-14(17-11)13(9-15)16-10-12-5-3-2-4-6-12/h7-8,12-13H,2-6,9-10,15H2,1H3. The molecule has 0 radical (unpaired) electrons. The minimum Gasteiger partial charge on any atom is -0.371 e. The van der Waals surface area contributed by atoms with Crippen LogP contribution < -0.4 is 5.73 Å². The Bertz CT molecular complexity index is 331. The van der Waals surface area contributed by atoms with E-state index in [-0.39, 0.29) is 6.10 Å². The molecule has 1 fully saturated rings. The van der Waals surface area contributed by atoms with Crippen LogP contribution in [-0.2, 0) is 4.74 Å². The molecular formula is C14H23NOS. The quantitative estimate of drug-likeness (QED) is 0.869. The molecule has 1 aliphatic carbocycles. The van der Waals surface area contributed by atoms with Crippen LogP contribution in [0.4, 0.5) is 0 Å². The zero-order valence-corrected chi connectivity index (χ0v) is 11.5. The van der Waals surface area contributed by atoms with Crippen molar-refractivity contribution in [3.63, 3.8) is 0 Å². The number of nitrogens with two attached hydrogens (primary N) is 1. The fourth-order valence-corrected chi connectivity index (χ4v) is 3.44. The average Bonchev–Trinajstić information content (AvgIpc) is 2.78. The molecule has 2 N–H and O–H groups in total. The lowest BCUT2D eigenvalue weighted by molar-refractivity contribution is 0.0266. The van der Waals surface area contributed by atoms with Gasteiger partial charge >= 0.3 is 0 Å². The van der Waals surface area contributed by atoms with Crippen molar-refractivity contribution in [3.8, 4) is 0 Å². The first-order valence-corrected chi connectivity index (χ1v) is 7.49. The van der Waals surface area contributed by atoms with Crippen LogP contribution in [0.15, 0.2) is 12.1 Å². The molecular weight excluding hydrogens is 230 g/mol. The molecule has 1 aromatic heterocycles. The summed E-state index contributed by atoms with van der Waals surface area (Å²) < 4.78 is 6.02. The van der Waals surface area contributed by atoms with Crippen LogP contribution in [0.1, 0.15) is 48.0 Å². The molecule has 0 bridgehead atoms. The smallest absolute Gasteiger partial charge is 0.104 e. The Hall–Kier alpha value is -0.380. The number of thiophene rings is 1. The third kappa shape index (κ3) is 3.80. The van der Waals surface area contributed by atoms with Gasteiger partial charge in [0.2, 0.25) is 0 Å². The van der Waals surface area contributed by atoms with Gasteiger partial charge in [-0.15, -0.1) is 11.3 Å². The summed E-state index contributed by atoms with van der Waals surface area (Å²) in [6.07, 6.45) is 6.93. The summed E-state index contributed by atoms with van der Waals surface area (Å²) >= 11 is 1.80. The summed E-state index contributed by atoms with van der Waals surface area (Å²) in [5, 5.41) is 0. The molecule has 96 valence electrons. The molecule has 1 heterocycles. The van der Waals surface area contributed by atoms with Gasteiger partial charge in [0.15, 0.2) is 0 Å². The van der Waals surface area contributed by atoms with E-state index in [2.05, 4.69) is 19.1 Å². The van der Waals surface area contributed by atoms with Crippen molar-refractivity contribution in [3.05, 3.63) is 21.9 Å². The van der Waals surface area contributed by atoms with E-state index in [4.69, 9.17) is 10.5 Å². The highest BCUT2D eigenvalue weighted by molar-refractivity contribution is 7.12. The Morgan fingerprint density at radius 1 is 1.35 bits per heavy atom. The number of ether oxygens (including phenoxy) is 1. The maximum absolute atomic E-state index is 6.02. The van der Waals surface area contributed by atoms with Crippen molar-refractivity contribution in [2.75, 3.05) is 13.2 Å². The highest BCUT2D eigenvalue weighted by Crippen LogP contribution is 2.28. The fourth-order valence-electron chi connectivity index (χ4n) is 2.50. The van der Waals surface area contributed by atoms with Crippen LogP contribution in [0.25, 0.3) is 0 Å². The summed E-state index contributed by atoms with van der Waals surface area (Å²) in [4.78, 5) is 2.61. The van der Waals surface area contributed by atoms with Crippen LogP contribution in [0.5, 0.6) is 0 Å². The van der Waals surface area contributed by atoms with E-state index < -0.39 is 0 Å². The molecule has 1 unspecified atom stereocenters. The topological polar surface area (TPSA) is 35.2 Å². The van der Waals surface area contributed by atoms with E-state index in [0.29, 0.717) is 6.54 Å². The Labute approximate surface area is 108 Å². The predicted molar refractivity (Wildman–Crippen MR) is 73.4 cm³/mol. The van der Waals surface area contributed by atoms with Gasteiger partial charge in [-0.25, -0.2) is 0 Å². The van der Waals surface area contributed by atoms with E-state index >= 15 is 0 Å². The second kappa shape index (κ2) is 6.53. The van der Waals surface area contributed by atoms with Crippen LogP contribution in [0, 0.1) is 12.8 Å². The van der Waals surface area contributed by atoms with Crippen molar-refractivity contribution in [2.24, 2.45) is 11.7 Å². The van der Waals surface area contributed by atoms with Gasteiger partial charge in [-0.1, -0.05) is 19.3 Å². The monoisotopic (exact) mass is 253 g/mol. The Morgan fingerprint density at radius 3 is 2.71 bits per heavy atom. The summed E-state index contributed by atoms with van der Waals surface area (Å²) in [7, 11) is 0. The van der Waals surface area contributed by atoms with Crippen LogP contribution in [0.3, 0.4) is 0 Å². The highest BCUT2D eigenvalue weighted by Gasteiger charge is 2.17. The van der Waals surface area contributed by atoms with Crippen molar-refractivity contribution < 1.29 is 4.74 Å². The molecule has 1 aliphatic rings. The third-order valence-corrected chi connectivity index (χ3v) is 4.64. The van der Waals surface area contributed by atoms with E-state index in [0.717, 1.165) is 12.5 Å². The summed E-state index contributed by atoms with van der Waals surface area (Å²) in [5.74, 6) is 0.763. The van der Waals surface area contributed by atoms with Crippen molar-refractivity contribution >= 4 is 11.3 Å². The van der Waals surface area contributed by atoms with E-state index in [1.165, 1.54) is 41.9 Å². The first-order valence-electron chi connectivity index (χ1n) is 6.67. The molecule has 3 heteroatoms. The van der Waals surface area contributed by atoms with Crippen LogP contribution >= 0.6 is 11.3 Å².